The van der Waals surface area contributed by atoms with Crippen molar-refractivity contribution in [3.63, 3.8) is 0 Å². The third-order valence-electron chi connectivity index (χ3n) is 3.43. The number of para-hydroxylation sites is 1. The summed E-state index contributed by atoms with van der Waals surface area (Å²) in [6.45, 7) is 1.90. The van der Waals surface area contributed by atoms with Crippen molar-refractivity contribution in [3.8, 4) is 5.75 Å². The summed E-state index contributed by atoms with van der Waals surface area (Å²) >= 11 is 0. The zero-order valence-corrected chi connectivity index (χ0v) is 13.6. The number of H-pyrrole nitrogens is 1. The van der Waals surface area contributed by atoms with Crippen LogP contribution >= 0.6 is 0 Å². The standard InChI is InChI=1S/C17H20F3N3O2/c18-17(19,20)13-6-7-16(23-10-13)22-9-8-21-11-14(24)12-25-15-4-2-1-3-5-15/h1-7,10,14,21,24H,8-9,11-12H2,(H,22,23)/p+2/t14-/m0/s1. The highest BCUT2D eigenvalue weighted by atomic mass is 19.4. The fraction of sp³-hybridized carbons (Fsp3) is 0.353. The molecule has 0 saturated carbocycles. The molecule has 0 unspecified atom stereocenters. The van der Waals surface area contributed by atoms with Crippen LogP contribution in [0.1, 0.15) is 5.56 Å². The first kappa shape index (κ1) is 19.0. The number of nitrogens with one attached hydrogen (secondary N) is 2. The first-order chi connectivity index (χ1) is 11.9. The fourth-order valence-electron chi connectivity index (χ4n) is 2.11. The van der Waals surface area contributed by atoms with Gasteiger partial charge in [0, 0.05) is 6.07 Å². The second-order valence-corrected chi connectivity index (χ2v) is 5.51. The van der Waals surface area contributed by atoms with Crippen LogP contribution in [0.2, 0.25) is 0 Å². The summed E-state index contributed by atoms with van der Waals surface area (Å²) in [5.74, 6) is 1.22. The van der Waals surface area contributed by atoms with Gasteiger partial charge in [-0.1, -0.05) is 18.2 Å². The topological polar surface area (TPSA) is 72.2 Å². The largest absolute Gasteiger partial charge is 0.491 e. The van der Waals surface area contributed by atoms with Gasteiger partial charge in [0.15, 0.2) is 0 Å². The summed E-state index contributed by atoms with van der Waals surface area (Å²) in [6, 6.07) is 11.6. The van der Waals surface area contributed by atoms with E-state index in [1.54, 1.807) is 0 Å². The summed E-state index contributed by atoms with van der Waals surface area (Å²) < 4.78 is 42.8. The van der Waals surface area contributed by atoms with Crippen molar-refractivity contribution in [2.75, 3.05) is 31.6 Å². The number of alkyl halides is 3. The van der Waals surface area contributed by atoms with Crippen molar-refractivity contribution in [1.82, 2.24) is 0 Å². The number of ether oxygens (including phenoxy) is 1. The Labute approximate surface area is 143 Å². The first-order valence-electron chi connectivity index (χ1n) is 7.95. The van der Waals surface area contributed by atoms with E-state index in [9.17, 15) is 18.3 Å². The maximum Gasteiger partial charge on any atom is 0.419 e. The minimum Gasteiger partial charge on any atom is -0.491 e. The zero-order valence-electron chi connectivity index (χ0n) is 13.6. The van der Waals surface area contributed by atoms with Gasteiger partial charge in [0.05, 0.1) is 5.56 Å². The molecule has 1 atom stereocenters. The molecule has 1 aromatic heterocycles. The number of aliphatic hydroxyl groups is 1. The molecule has 0 bridgehead atoms. The summed E-state index contributed by atoms with van der Waals surface area (Å²) in [6.07, 6.45) is -4.02. The molecule has 2 aromatic rings. The van der Waals surface area contributed by atoms with E-state index in [-0.39, 0.29) is 6.61 Å². The van der Waals surface area contributed by atoms with Crippen LogP contribution in [-0.2, 0) is 6.18 Å². The lowest BCUT2D eigenvalue weighted by atomic mass is 10.3. The molecule has 5 nitrogen and oxygen atoms in total. The molecule has 136 valence electrons. The van der Waals surface area contributed by atoms with Gasteiger partial charge in [-0.15, -0.1) is 0 Å². The minimum atomic E-state index is -4.35. The molecule has 1 heterocycles. The molecule has 0 aliphatic heterocycles. The van der Waals surface area contributed by atoms with Gasteiger partial charge in [-0.2, -0.15) is 13.2 Å². The number of rotatable bonds is 9. The fourth-order valence-corrected chi connectivity index (χ4v) is 2.11. The Morgan fingerprint density at radius 2 is 1.92 bits per heavy atom. The predicted molar refractivity (Wildman–Crippen MR) is 86.1 cm³/mol. The minimum absolute atomic E-state index is 0.209. The van der Waals surface area contributed by atoms with Gasteiger partial charge in [0.2, 0.25) is 0 Å². The summed E-state index contributed by atoms with van der Waals surface area (Å²) in [7, 11) is 0. The van der Waals surface area contributed by atoms with Crippen LogP contribution in [0, 0.1) is 0 Å². The van der Waals surface area contributed by atoms with Crippen molar-refractivity contribution >= 4 is 5.82 Å². The Bertz CT molecular complexity index is 621. The predicted octanol–water partition coefficient (Wildman–Crippen LogP) is 0.935. The highest BCUT2D eigenvalue weighted by Crippen LogP contribution is 2.27. The summed E-state index contributed by atoms with van der Waals surface area (Å²) in [5, 5.41) is 14.7. The monoisotopic (exact) mass is 357 g/mol. The smallest absolute Gasteiger partial charge is 0.419 e. The molecular formula is C17H22F3N3O2+2. The second kappa shape index (κ2) is 9.24. The van der Waals surface area contributed by atoms with E-state index in [0.29, 0.717) is 31.2 Å². The number of anilines is 1. The van der Waals surface area contributed by atoms with Crippen LogP contribution in [0.15, 0.2) is 48.7 Å². The molecule has 0 saturated heterocycles. The highest BCUT2D eigenvalue weighted by molar-refractivity contribution is 5.29. The molecule has 0 amide bonds. The van der Waals surface area contributed by atoms with E-state index >= 15 is 0 Å². The number of pyridine rings is 1. The van der Waals surface area contributed by atoms with Crippen LogP contribution in [-0.4, -0.2) is 37.5 Å². The normalized spacial score (nSPS) is 12.6. The second-order valence-electron chi connectivity index (χ2n) is 5.51. The lowest BCUT2D eigenvalue weighted by Crippen LogP contribution is -2.87. The maximum absolute atomic E-state index is 12.4. The van der Waals surface area contributed by atoms with Crippen molar-refractivity contribution in [3.05, 3.63) is 54.2 Å². The maximum atomic E-state index is 12.4. The number of halogens is 3. The summed E-state index contributed by atoms with van der Waals surface area (Å²) in [4.78, 5) is 2.57. The number of hydrogen-bond acceptors (Lipinski definition) is 3. The highest BCUT2D eigenvalue weighted by Gasteiger charge is 2.31. The number of aromatic nitrogens is 1. The molecule has 0 aliphatic carbocycles. The lowest BCUT2D eigenvalue weighted by molar-refractivity contribution is -0.658. The zero-order chi connectivity index (χ0) is 18.1. The van der Waals surface area contributed by atoms with Gasteiger partial charge < -0.3 is 15.2 Å². The molecule has 0 aliphatic rings. The molecule has 0 spiro atoms. The number of hydrogen-bond donors (Lipinski definition) is 3. The van der Waals surface area contributed by atoms with Crippen LogP contribution in [0.5, 0.6) is 5.75 Å². The van der Waals surface area contributed by atoms with E-state index in [1.165, 1.54) is 6.07 Å². The average Bonchev–Trinajstić information content (AvgIpc) is 2.60. The summed E-state index contributed by atoms with van der Waals surface area (Å²) in [5.41, 5.74) is -0.717. The third kappa shape index (κ3) is 6.98. The van der Waals surface area contributed by atoms with Crippen LogP contribution in [0.25, 0.3) is 0 Å². The van der Waals surface area contributed by atoms with E-state index in [4.69, 9.17) is 4.74 Å². The van der Waals surface area contributed by atoms with Crippen molar-refractivity contribution in [2.24, 2.45) is 0 Å². The lowest BCUT2D eigenvalue weighted by Gasteiger charge is -2.11. The number of aromatic amines is 1. The Morgan fingerprint density at radius 3 is 2.56 bits per heavy atom. The Balaban J connectivity index is 1.58. The average molecular weight is 357 g/mol. The number of nitrogens with two attached hydrogens (primary N) is 1. The van der Waals surface area contributed by atoms with E-state index in [2.05, 4.69) is 10.3 Å². The van der Waals surface area contributed by atoms with Gasteiger partial charge >= 0.3 is 6.18 Å². The van der Waals surface area contributed by atoms with E-state index in [1.807, 2.05) is 35.6 Å². The van der Waals surface area contributed by atoms with Gasteiger partial charge in [-0.25, -0.2) is 4.98 Å². The van der Waals surface area contributed by atoms with Crippen LogP contribution in [0.3, 0.4) is 0 Å². The first-order valence-corrected chi connectivity index (χ1v) is 7.95. The Morgan fingerprint density at radius 1 is 1.16 bits per heavy atom. The third-order valence-corrected chi connectivity index (χ3v) is 3.43. The molecule has 0 radical (unpaired) electrons. The van der Waals surface area contributed by atoms with Crippen molar-refractivity contribution < 1.29 is 33.3 Å². The quantitative estimate of drug-likeness (QED) is 0.585. The van der Waals surface area contributed by atoms with Gasteiger partial charge in [-0.05, 0) is 18.2 Å². The van der Waals surface area contributed by atoms with E-state index < -0.39 is 17.8 Å². The Hall–Kier alpha value is -2.32. The Kier molecular flexibility index (Phi) is 7.03. The van der Waals surface area contributed by atoms with Crippen LogP contribution in [0.4, 0.5) is 19.0 Å². The van der Waals surface area contributed by atoms with E-state index in [0.717, 1.165) is 12.3 Å². The molecule has 1 aromatic carbocycles. The molecule has 25 heavy (non-hydrogen) atoms. The number of benzene rings is 1. The van der Waals surface area contributed by atoms with Gasteiger partial charge in [0.1, 0.15) is 44.3 Å². The van der Waals surface area contributed by atoms with Crippen molar-refractivity contribution in [2.45, 2.75) is 12.3 Å². The molecule has 0 fully saturated rings. The molecule has 8 heteroatoms. The molecule has 5 N–H and O–H groups in total. The molecular weight excluding hydrogens is 335 g/mol. The van der Waals surface area contributed by atoms with Crippen LogP contribution < -0.4 is 20.4 Å². The van der Waals surface area contributed by atoms with Crippen molar-refractivity contribution in [1.29, 1.82) is 0 Å². The van der Waals surface area contributed by atoms with Gasteiger partial charge in [-0.3, -0.25) is 5.32 Å². The number of aliphatic hydroxyl groups excluding tert-OH is 1. The molecule has 2 rings (SSSR count). The number of quaternary nitrogens is 1. The SMILES string of the molecule is O[C@@H](C[NH2+]CCNc1ccc(C(F)(F)F)c[nH+]1)COc1ccccc1. The van der Waals surface area contributed by atoms with Gasteiger partial charge in [0.25, 0.3) is 5.82 Å².